The van der Waals surface area contributed by atoms with E-state index in [1.54, 1.807) is 0 Å². The van der Waals surface area contributed by atoms with Crippen molar-refractivity contribution in [1.82, 2.24) is 0 Å². The van der Waals surface area contributed by atoms with Crippen molar-refractivity contribution in [2.24, 2.45) is 10.9 Å². The molecule has 1 nitrogen and oxygen atoms in total. The third kappa shape index (κ3) is 2.45. The SMILES string of the molecule is C=NC(C)=C(C)C(C)C. The van der Waals surface area contributed by atoms with Crippen molar-refractivity contribution in [1.29, 1.82) is 0 Å². The first-order valence-electron chi connectivity index (χ1n) is 3.23. The van der Waals surface area contributed by atoms with Crippen molar-refractivity contribution in [3.8, 4) is 0 Å². The zero-order valence-electron chi connectivity index (χ0n) is 6.73. The lowest BCUT2D eigenvalue weighted by molar-refractivity contribution is 0.754. The van der Waals surface area contributed by atoms with Gasteiger partial charge in [0.05, 0.1) is 0 Å². The Morgan fingerprint density at radius 3 is 1.89 bits per heavy atom. The fraction of sp³-hybridized carbons (Fsp3) is 0.625. The highest BCUT2D eigenvalue weighted by Crippen LogP contribution is 2.13. The predicted octanol–water partition coefficient (Wildman–Crippen LogP) is 2.64. The number of hydrogen-bond acceptors (Lipinski definition) is 1. The molecule has 9 heavy (non-hydrogen) atoms. The normalized spacial score (nSPS) is 13.4. The second kappa shape index (κ2) is 3.44. The highest BCUT2D eigenvalue weighted by atomic mass is 14.7. The molecule has 0 atom stereocenters. The van der Waals surface area contributed by atoms with E-state index >= 15 is 0 Å². The number of aliphatic imine (C=N–C) groups is 1. The van der Waals surface area contributed by atoms with Gasteiger partial charge in [0.25, 0.3) is 0 Å². The van der Waals surface area contributed by atoms with E-state index in [0.29, 0.717) is 5.92 Å². The lowest BCUT2D eigenvalue weighted by Crippen LogP contribution is -1.90. The topological polar surface area (TPSA) is 12.4 Å². The van der Waals surface area contributed by atoms with E-state index in [1.807, 2.05) is 6.92 Å². The molecule has 0 radical (unpaired) electrons. The molecule has 1 heteroatoms. The molecule has 0 heterocycles. The van der Waals surface area contributed by atoms with Gasteiger partial charge in [-0.3, -0.25) is 4.99 Å². The maximum absolute atomic E-state index is 3.84. The Balaban J connectivity index is 4.27. The van der Waals surface area contributed by atoms with Crippen LogP contribution in [0.25, 0.3) is 0 Å². The summed E-state index contributed by atoms with van der Waals surface area (Å²) in [5.74, 6) is 0.593. The van der Waals surface area contributed by atoms with Crippen LogP contribution in [0.4, 0.5) is 0 Å². The molecule has 0 saturated heterocycles. The van der Waals surface area contributed by atoms with Gasteiger partial charge in [0.1, 0.15) is 0 Å². The van der Waals surface area contributed by atoms with Gasteiger partial charge >= 0.3 is 0 Å². The van der Waals surface area contributed by atoms with Gasteiger partial charge in [0, 0.05) is 5.70 Å². The monoisotopic (exact) mass is 125 g/mol. The first-order valence-corrected chi connectivity index (χ1v) is 3.23. The summed E-state index contributed by atoms with van der Waals surface area (Å²) in [5.41, 5.74) is 2.38. The Kier molecular flexibility index (Phi) is 3.21. The minimum Gasteiger partial charge on any atom is -0.269 e. The first-order chi connectivity index (χ1) is 4.09. The summed E-state index contributed by atoms with van der Waals surface area (Å²) in [6, 6.07) is 0. The second-order valence-electron chi connectivity index (χ2n) is 2.58. The number of rotatable bonds is 2. The predicted molar refractivity (Wildman–Crippen MR) is 42.8 cm³/mol. The molecular formula is C8H15N. The van der Waals surface area contributed by atoms with Crippen molar-refractivity contribution in [3.63, 3.8) is 0 Å². The molecule has 0 aromatic rings. The largest absolute Gasteiger partial charge is 0.269 e. The summed E-state index contributed by atoms with van der Waals surface area (Å²) < 4.78 is 0. The zero-order chi connectivity index (χ0) is 7.44. The van der Waals surface area contributed by atoms with Gasteiger partial charge in [0.15, 0.2) is 0 Å². The fourth-order valence-corrected chi connectivity index (χ4v) is 0.542. The Morgan fingerprint density at radius 2 is 1.78 bits per heavy atom. The van der Waals surface area contributed by atoms with Crippen LogP contribution in [-0.4, -0.2) is 6.72 Å². The molecule has 0 bridgehead atoms. The molecule has 0 amide bonds. The van der Waals surface area contributed by atoms with Crippen LogP contribution >= 0.6 is 0 Å². The summed E-state index contributed by atoms with van der Waals surface area (Å²) >= 11 is 0. The molecule has 0 aliphatic carbocycles. The molecule has 0 aromatic carbocycles. The summed E-state index contributed by atoms with van der Waals surface area (Å²) in [6.45, 7) is 11.9. The number of allylic oxidation sites excluding steroid dienone is 2. The molecule has 0 fully saturated rings. The van der Waals surface area contributed by atoms with Crippen LogP contribution < -0.4 is 0 Å². The molecule has 0 aliphatic rings. The van der Waals surface area contributed by atoms with Crippen LogP contribution in [0.5, 0.6) is 0 Å². The van der Waals surface area contributed by atoms with Gasteiger partial charge in [-0.1, -0.05) is 13.8 Å². The van der Waals surface area contributed by atoms with E-state index in [2.05, 4.69) is 32.5 Å². The minimum absolute atomic E-state index is 0.593. The zero-order valence-corrected chi connectivity index (χ0v) is 6.73. The quantitative estimate of drug-likeness (QED) is 0.503. The molecule has 0 aromatic heterocycles. The Labute approximate surface area is 57.5 Å². The van der Waals surface area contributed by atoms with Gasteiger partial charge in [0.2, 0.25) is 0 Å². The molecule has 0 rings (SSSR count). The van der Waals surface area contributed by atoms with Crippen molar-refractivity contribution < 1.29 is 0 Å². The van der Waals surface area contributed by atoms with Crippen LogP contribution in [0.1, 0.15) is 27.7 Å². The molecule has 0 aliphatic heterocycles. The van der Waals surface area contributed by atoms with Gasteiger partial charge < -0.3 is 0 Å². The van der Waals surface area contributed by atoms with Crippen LogP contribution in [0.3, 0.4) is 0 Å². The summed E-state index contributed by atoms with van der Waals surface area (Å²) in [4.78, 5) is 3.84. The van der Waals surface area contributed by atoms with Crippen LogP contribution in [0.2, 0.25) is 0 Å². The third-order valence-corrected chi connectivity index (χ3v) is 1.67. The lowest BCUT2D eigenvalue weighted by Gasteiger charge is -2.05. The minimum atomic E-state index is 0.593. The standard InChI is InChI=1S/C8H15N/c1-6(2)7(3)8(4)9-5/h6H,5H2,1-4H3. The van der Waals surface area contributed by atoms with Gasteiger partial charge in [-0.05, 0) is 32.1 Å². The molecule has 0 N–H and O–H groups in total. The fourth-order valence-electron chi connectivity index (χ4n) is 0.542. The van der Waals surface area contributed by atoms with E-state index in [4.69, 9.17) is 0 Å². The van der Waals surface area contributed by atoms with Crippen LogP contribution in [0.15, 0.2) is 16.3 Å². The van der Waals surface area contributed by atoms with E-state index in [9.17, 15) is 0 Å². The highest BCUT2D eigenvalue weighted by Gasteiger charge is 1.98. The van der Waals surface area contributed by atoms with Crippen molar-refractivity contribution in [2.45, 2.75) is 27.7 Å². The molecule has 52 valence electrons. The van der Waals surface area contributed by atoms with E-state index in [-0.39, 0.29) is 0 Å². The van der Waals surface area contributed by atoms with Crippen molar-refractivity contribution >= 4 is 6.72 Å². The van der Waals surface area contributed by atoms with Gasteiger partial charge in [-0.2, -0.15) is 0 Å². The average Bonchev–Trinajstić information content (AvgIpc) is 1.84. The third-order valence-electron chi connectivity index (χ3n) is 1.67. The Hall–Kier alpha value is -0.590. The molecule has 0 unspecified atom stereocenters. The number of hydrogen-bond donors (Lipinski definition) is 0. The summed E-state index contributed by atoms with van der Waals surface area (Å²) in [6.07, 6.45) is 0. The lowest BCUT2D eigenvalue weighted by atomic mass is 10.0. The van der Waals surface area contributed by atoms with E-state index in [0.717, 1.165) is 5.70 Å². The smallest absolute Gasteiger partial charge is 0.0357 e. The average molecular weight is 125 g/mol. The van der Waals surface area contributed by atoms with E-state index in [1.165, 1.54) is 5.57 Å². The molecular weight excluding hydrogens is 110 g/mol. The maximum atomic E-state index is 3.84. The molecule has 0 spiro atoms. The summed E-state index contributed by atoms with van der Waals surface area (Å²) in [7, 11) is 0. The van der Waals surface area contributed by atoms with Gasteiger partial charge in [-0.15, -0.1) is 0 Å². The number of nitrogens with zero attached hydrogens (tertiary/aromatic N) is 1. The van der Waals surface area contributed by atoms with Crippen LogP contribution in [0, 0.1) is 5.92 Å². The summed E-state index contributed by atoms with van der Waals surface area (Å²) in [5, 5.41) is 0. The van der Waals surface area contributed by atoms with Crippen molar-refractivity contribution in [2.75, 3.05) is 0 Å². The van der Waals surface area contributed by atoms with Gasteiger partial charge in [-0.25, -0.2) is 0 Å². The van der Waals surface area contributed by atoms with Crippen molar-refractivity contribution in [3.05, 3.63) is 11.3 Å². The highest BCUT2D eigenvalue weighted by molar-refractivity contribution is 5.30. The Morgan fingerprint density at radius 1 is 1.33 bits per heavy atom. The maximum Gasteiger partial charge on any atom is 0.0357 e. The van der Waals surface area contributed by atoms with E-state index < -0.39 is 0 Å². The van der Waals surface area contributed by atoms with Crippen LogP contribution in [-0.2, 0) is 0 Å². The second-order valence-corrected chi connectivity index (χ2v) is 2.58. The first kappa shape index (κ1) is 8.41. The Bertz CT molecular complexity index is 132. The molecule has 0 saturated carbocycles.